The van der Waals surface area contributed by atoms with Gasteiger partial charge in [0.05, 0.1) is 11.0 Å². The molecule has 0 amide bonds. The number of alkyl halides is 1. The third-order valence-corrected chi connectivity index (χ3v) is 6.14. The van der Waals surface area contributed by atoms with Gasteiger partial charge < -0.3 is 5.32 Å². The summed E-state index contributed by atoms with van der Waals surface area (Å²) in [5.41, 5.74) is -0.00590. The van der Waals surface area contributed by atoms with Gasteiger partial charge in [-0.3, -0.25) is 0 Å². The van der Waals surface area contributed by atoms with Crippen LogP contribution in [0.4, 0.5) is 0 Å². The van der Waals surface area contributed by atoms with E-state index in [1.54, 1.807) is 13.8 Å². The van der Waals surface area contributed by atoms with Crippen LogP contribution in [0.15, 0.2) is 0 Å². The molecule has 0 aromatic rings. The van der Waals surface area contributed by atoms with E-state index >= 15 is 0 Å². The van der Waals surface area contributed by atoms with Crippen LogP contribution >= 0.6 is 11.6 Å². The lowest BCUT2D eigenvalue weighted by molar-refractivity contribution is 0.380. The highest BCUT2D eigenvalue weighted by Gasteiger charge is 2.32. The summed E-state index contributed by atoms with van der Waals surface area (Å²) < 4.78 is 23.2. The molecule has 0 aromatic heterocycles. The summed E-state index contributed by atoms with van der Waals surface area (Å²) in [6, 6.07) is 0. The molecule has 1 aliphatic rings. The highest BCUT2D eigenvalue weighted by Crippen LogP contribution is 2.30. The first-order chi connectivity index (χ1) is 7.42. The highest BCUT2D eigenvalue weighted by molar-refractivity contribution is 7.92. The lowest BCUT2D eigenvalue weighted by atomic mass is 10.0. The maximum atomic E-state index is 11.6. The molecule has 1 rings (SSSR count). The summed E-state index contributed by atoms with van der Waals surface area (Å²) in [5.74, 6) is 0.790. The second-order valence-electron chi connectivity index (χ2n) is 4.96. The number of sulfone groups is 1. The fourth-order valence-corrected chi connectivity index (χ4v) is 3.32. The molecule has 5 heteroatoms. The molecule has 1 fully saturated rings. The zero-order chi connectivity index (χ0) is 12.2. The van der Waals surface area contributed by atoms with E-state index in [9.17, 15) is 8.42 Å². The van der Waals surface area contributed by atoms with Crippen molar-refractivity contribution in [3.05, 3.63) is 0 Å². The van der Waals surface area contributed by atoms with Crippen LogP contribution in [-0.2, 0) is 9.84 Å². The van der Waals surface area contributed by atoms with Gasteiger partial charge in [-0.05, 0) is 26.7 Å². The Labute approximate surface area is 104 Å². The largest absolute Gasteiger partial charge is 0.309 e. The molecule has 16 heavy (non-hydrogen) atoms. The van der Waals surface area contributed by atoms with Crippen molar-refractivity contribution < 1.29 is 8.42 Å². The van der Waals surface area contributed by atoms with Crippen LogP contribution in [0.3, 0.4) is 0 Å². The Kier molecular flexibility index (Phi) is 5.08. The number of halogens is 1. The Balaban J connectivity index is 2.40. The Hall–Kier alpha value is 0.200. The van der Waals surface area contributed by atoms with E-state index in [1.165, 1.54) is 12.8 Å². The Morgan fingerprint density at radius 2 is 1.88 bits per heavy atom. The van der Waals surface area contributed by atoms with Gasteiger partial charge in [0.25, 0.3) is 0 Å². The van der Waals surface area contributed by atoms with Crippen LogP contribution in [0.25, 0.3) is 0 Å². The smallest absolute Gasteiger partial charge is 0.153 e. The van der Waals surface area contributed by atoms with Gasteiger partial charge in [0, 0.05) is 18.0 Å². The monoisotopic (exact) mass is 267 g/mol. The second kappa shape index (κ2) is 5.69. The number of hydrogen-bond acceptors (Lipinski definition) is 3. The molecule has 0 aliphatic heterocycles. The van der Waals surface area contributed by atoms with E-state index in [0.29, 0.717) is 12.4 Å². The van der Waals surface area contributed by atoms with Crippen molar-refractivity contribution in [2.45, 2.75) is 50.3 Å². The highest BCUT2D eigenvalue weighted by atomic mass is 35.5. The maximum absolute atomic E-state index is 11.6. The van der Waals surface area contributed by atoms with Crippen LogP contribution in [0, 0.1) is 0 Å². The molecular weight excluding hydrogens is 246 g/mol. The van der Waals surface area contributed by atoms with Crippen molar-refractivity contribution in [1.82, 2.24) is 5.32 Å². The molecule has 96 valence electrons. The third-order valence-electron chi connectivity index (χ3n) is 3.42. The van der Waals surface area contributed by atoms with E-state index in [-0.39, 0.29) is 16.5 Å². The zero-order valence-corrected chi connectivity index (χ0v) is 11.7. The SMILES string of the molecule is CC(C)S(=O)(=O)CCNC1(CCl)CCCC1. The van der Waals surface area contributed by atoms with Gasteiger partial charge in [-0.1, -0.05) is 12.8 Å². The first-order valence-electron chi connectivity index (χ1n) is 5.94. The average molecular weight is 268 g/mol. The normalized spacial score (nSPS) is 20.5. The van der Waals surface area contributed by atoms with Crippen molar-refractivity contribution in [1.29, 1.82) is 0 Å². The van der Waals surface area contributed by atoms with Gasteiger partial charge in [0.1, 0.15) is 0 Å². The minimum absolute atomic E-state index is 0.00590. The quantitative estimate of drug-likeness (QED) is 0.749. The summed E-state index contributed by atoms with van der Waals surface area (Å²) in [6.45, 7) is 3.97. The van der Waals surface area contributed by atoms with Crippen molar-refractivity contribution >= 4 is 21.4 Å². The lowest BCUT2D eigenvalue weighted by Crippen LogP contribution is -2.46. The number of nitrogens with one attached hydrogen (secondary N) is 1. The van der Waals surface area contributed by atoms with Crippen LogP contribution in [-0.4, -0.2) is 37.4 Å². The molecule has 0 radical (unpaired) electrons. The Morgan fingerprint density at radius 3 is 2.31 bits per heavy atom. The predicted molar refractivity (Wildman–Crippen MR) is 68.8 cm³/mol. The molecule has 1 saturated carbocycles. The second-order valence-corrected chi connectivity index (χ2v) is 7.91. The molecule has 1 N–H and O–H groups in total. The molecule has 0 atom stereocenters. The summed E-state index contributed by atoms with van der Waals surface area (Å²) in [4.78, 5) is 0. The van der Waals surface area contributed by atoms with Crippen molar-refractivity contribution in [2.24, 2.45) is 0 Å². The number of hydrogen-bond donors (Lipinski definition) is 1. The first kappa shape index (κ1) is 14.3. The van der Waals surface area contributed by atoms with Gasteiger partial charge in [0.2, 0.25) is 0 Å². The van der Waals surface area contributed by atoms with E-state index < -0.39 is 9.84 Å². The average Bonchev–Trinajstić information content (AvgIpc) is 2.67. The minimum Gasteiger partial charge on any atom is -0.309 e. The fourth-order valence-electron chi connectivity index (χ4n) is 2.10. The summed E-state index contributed by atoms with van der Waals surface area (Å²) >= 11 is 5.97. The van der Waals surface area contributed by atoms with E-state index in [2.05, 4.69) is 5.32 Å². The standard InChI is InChI=1S/C11H22ClNO2S/c1-10(2)16(14,15)8-7-13-11(9-12)5-3-4-6-11/h10,13H,3-9H2,1-2H3. The van der Waals surface area contributed by atoms with Crippen molar-refractivity contribution in [2.75, 3.05) is 18.2 Å². The summed E-state index contributed by atoms with van der Waals surface area (Å²) in [7, 11) is -2.93. The molecule has 0 saturated heterocycles. The third kappa shape index (κ3) is 3.60. The molecule has 0 bridgehead atoms. The maximum Gasteiger partial charge on any atom is 0.153 e. The predicted octanol–water partition coefficient (Wildman–Crippen LogP) is 1.95. The Bertz CT molecular complexity index is 308. The van der Waals surface area contributed by atoms with Crippen molar-refractivity contribution in [3.63, 3.8) is 0 Å². The minimum atomic E-state index is -2.93. The topological polar surface area (TPSA) is 46.2 Å². The Morgan fingerprint density at radius 1 is 1.31 bits per heavy atom. The fraction of sp³-hybridized carbons (Fsp3) is 1.00. The van der Waals surface area contributed by atoms with Gasteiger partial charge in [-0.25, -0.2) is 8.42 Å². The molecule has 0 unspecified atom stereocenters. The van der Waals surface area contributed by atoms with E-state index in [4.69, 9.17) is 11.6 Å². The van der Waals surface area contributed by atoms with Crippen LogP contribution < -0.4 is 5.32 Å². The zero-order valence-electron chi connectivity index (χ0n) is 10.1. The van der Waals surface area contributed by atoms with Gasteiger partial charge >= 0.3 is 0 Å². The van der Waals surface area contributed by atoms with E-state index in [0.717, 1.165) is 12.8 Å². The number of rotatable bonds is 6. The molecule has 3 nitrogen and oxygen atoms in total. The summed E-state index contributed by atoms with van der Waals surface area (Å²) in [6.07, 6.45) is 4.52. The molecule has 0 aromatic carbocycles. The van der Waals surface area contributed by atoms with Crippen molar-refractivity contribution in [3.8, 4) is 0 Å². The summed E-state index contributed by atoms with van der Waals surface area (Å²) in [5, 5.41) is 3.06. The molecule has 0 heterocycles. The van der Waals surface area contributed by atoms with Gasteiger partial charge in [-0.15, -0.1) is 11.6 Å². The molecule has 1 aliphatic carbocycles. The van der Waals surface area contributed by atoms with Gasteiger partial charge in [0.15, 0.2) is 9.84 Å². The van der Waals surface area contributed by atoms with Crippen LogP contribution in [0.2, 0.25) is 0 Å². The van der Waals surface area contributed by atoms with E-state index in [1.807, 2.05) is 0 Å². The lowest BCUT2D eigenvalue weighted by Gasteiger charge is -2.28. The van der Waals surface area contributed by atoms with Gasteiger partial charge in [-0.2, -0.15) is 0 Å². The first-order valence-corrected chi connectivity index (χ1v) is 8.19. The van der Waals surface area contributed by atoms with Crippen LogP contribution in [0.1, 0.15) is 39.5 Å². The molecule has 0 spiro atoms. The van der Waals surface area contributed by atoms with Crippen LogP contribution in [0.5, 0.6) is 0 Å². The molecular formula is C11H22ClNO2S.